The van der Waals surface area contributed by atoms with Gasteiger partial charge in [-0.3, -0.25) is 15.1 Å². The second-order valence-corrected chi connectivity index (χ2v) is 9.36. The van der Waals surface area contributed by atoms with Crippen LogP contribution in [0.4, 0.5) is 0 Å². The Kier molecular flexibility index (Phi) is 9.38. The van der Waals surface area contributed by atoms with Crippen molar-refractivity contribution >= 4 is 28.5 Å². The van der Waals surface area contributed by atoms with E-state index >= 15 is 0 Å². The summed E-state index contributed by atoms with van der Waals surface area (Å²) in [7, 11) is 4.02. The zero-order valence-electron chi connectivity index (χ0n) is 19.5. The van der Waals surface area contributed by atoms with E-state index in [0.717, 1.165) is 41.5 Å². The molecular weight excluding hydrogens is 438 g/mol. The third kappa shape index (κ3) is 7.64. The van der Waals surface area contributed by atoms with Crippen LogP contribution in [0.25, 0.3) is 10.9 Å². The Balaban J connectivity index is 1.51. The number of nitro groups is 1. The molecule has 9 heteroatoms. The molecule has 178 valence electrons. The molecule has 0 aliphatic heterocycles. The van der Waals surface area contributed by atoms with E-state index in [4.69, 9.17) is 4.42 Å². The SMILES string of the molecule is CCC(CN=C(C[N+](=O)[O-])NCCSCc1ccc(CN(C)C)o1)c1c[nH]c2ccccc12. The number of rotatable bonds is 13. The van der Waals surface area contributed by atoms with Gasteiger partial charge in [-0.2, -0.15) is 11.8 Å². The number of para-hydroxylation sites is 1. The first-order valence-corrected chi connectivity index (χ1v) is 12.4. The zero-order valence-corrected chi connectivity index (χ0v) is 20.4. The van der Waals surface area contributed by atoms with Crippen LogP contribution in [0.15, 0.2) is 52.0 Å². The van der Waals surface area contributed by atoms with Gasteiger partial charge >= 0.3 is 0 Å². The van der Waals surface area contributed by atoms with Crippen LogP contribution in [0.3, 0.4) is 0 Å². The van der Waals surface area contributed by atoms with Crippen molar-refractivity contribution in [2.24, 2.45) is 4.99 Å². The second kappa shape index (κ2) is 12.5. The fourth-order valence-electron chi connectivity index (χ4n) is 3.72. The van der Waals surface area contributed by atoms with Crippen molar-refractivity contribution in [2.45, 2.75) is 31.6 Å². The average molecular weight is 472 g/mol. The highest BCUT2D eigenvalue weighted by Crippen LogP contribution is 2.28. The Morgan fingerprint density at radius 2 is 2.06 bits per heavy atom. The highest BCUT2D eigenvalue weighted by Gasteiger charge is 2.15. The van der Waals surface area contributed by atoms with Gasteiger partial charge < -0.3 is 19.6 Å². The van der Waals surface area contributed by atoms with Crippen LogP contribution in [-0.2, 0) is 12.3 Å². The van der Waals surface area contributed by atoms with Gasteiger partial charge in [0.05, 0.1) is 12.3 Å². The normalized spacial score (nSPS) is 13.0. The Labute approximate surface area is 199 Å². The number of aromatic amines is 1. The molecule has 0 fully saturated rings. The summed E-state index contributed by atoms with van der Waals surface area (Å²) in [4.78, 5) is 20.8. The fraction of sp³-hybridized carbons (Fsp3) is 0.458. The minimum atomic E-state index is -0.333. The lowest BCUT2D eigenvalue weighted by molar-refractivity contribution is -0.463. The van der Waals surface area contributed by atoms with Crippen LogP contribution < -0.4 is 5.32 Å². The molecule has 1 aromatic carbocycles. The fourth-order valence-corrected chi connectivity index (χ4v) is 4.47. The van der Waals surface area contributed by atoms with Gasteiger partial charge in [0.2, 0.25) is 0 Å². The van der Waals surface area contributed by atoms with Crippen molar-refractivity contribution in [1.82, 2.24) is 15.2 Å². The molecule has 0 amide bonds. The van der Waals surface area contributed by atoms with E-state index in [9.17, 15) is 10.1 Å². The first-order valence-electron chi connectivity index (χ1n) is 11.2. The summed E-state index contributed by atoms with van der Waals surface area (Å²) in [6.07, 6.45) is 2.94. The van der Waals surface area contributed by atoms with Crippen LogP contribution >= 0.6 is 11.8 Å². The first-order chi connectivity index (χ1) is 16.0. The number of hydrogen-bond donors (Lipinski definition) is 2. The second-order valence-electron chi connectivity index (χ2n) is 8.26. The molecule has 0 radical (unpaired) electrons. The molecule has 2 N–H and O–H groups in total. The summed E-state index contributed by atoms with van der Waals surface area (Å²) in [5, 5.41) is 15.5. The maximum Gasteiger partial charge on any atom is 0.259 e. The number of H-pyrrole nitrogens is 1. The minimum Gasteiger partial charge on any atom is -0.464 e. The maximum atomic E-state index is 11.1. The molecule has 0 aliphatic carbocycles. The number of fused-ring (bicyclic) bond motifs is 1. The average Bonchev–Trinajstić information content (AvgIpc) is 3.40. The van der Waals surface area contributed by atoms with Gasteiger partial charge in [-0.25, -0.2) is 0 Å². The predicted molar refractivity (Wildman–Crippen MR) is 136 cm³/mol. The molecule has 8 nitrogen and oxygen atoms in total. The van der Waals surface area contributed by atoms with Gasteiger partial charge in [0.1, 0.15) is 11.5 Å². The lowest BCUT2D eigenvalue weighted by Gasteiger charge is -2.13. The number of thioether (sulfide) groups is 1. The van der Waals surface area contributed by atoms with Crippen LogP contribution in [0.2, 0.25) is 0 Å². The van der Waals surface area contributed by atoms with E-state index in [-0.39, 0.29) is 17.4 Å². The highest BCUT2D eigenvalue weighted by atomic mass is 32.2. The Bertz CT molecular complexity index is 1060. The van der Waals surface area contributed by atoms with Crippen molar-refractivity contribution < 1.29 is 9.34 Å². The van der Waals surface area contributed by atoms with Crippen molar-refractivity contribution in [2.75, 3.05) is 39.5 Å². The van der Waals surface area contributed by atoms with Gasteiger partial charge in [0, 0.05) is 46.8 Å². The summed E-state index contributed by atoms with van der Waals surface area (Å²) >= 11 is 1.73. The van der Waals surface area contributed by atoms with Gasteiger partial charge in [-0.1, -0.05) is 25.1 Å². The van der Waals surface area contributed by atoms with Crippen molar-refractivity contribution in [1.29, 1.82) is 0 Å². The van der Waals surface area contributed by atoms with Crippen molar-refractivity contribution in [3.63, 3.8) is 0 Å². The molecule has 1 atom stereocenters. The van der Waals surface area contributed by atoms with E-state index in [1.54, 1.807) is 11.8 Å². The van der Waals surface area contributed by atoms with Crippen molar-refractivity contribution in [3.8, 4) is 0 Å². The van der Waals surface area contributed by atoms with Crippen LogP contribution in [0.1, 0.15) is 36.3 Å². The number of benzene rings is 1. The summed E-state index contributed by atoms with van der Waals surface area (Å²) in [5.41, 5.74) is 2.31. The lowest BCUT2D eigenvalue weighted by atomic mass is 9.96. The smallest absolute Gasteiger partial charge is 0.259 e. The summed E-state index contributed by atoms with van der Waals surface area (Å²) in [6, 6.07) is 12.2. The Morgan fingerprint density at radius 1 is 1.27 bits per heavy atom. The highest BCUT2D eigenvalue weighted by molar-refractivity contribution is 7.98. The van der Waals surface area contributed by atoms with Gasteiger partial charge in [-0.15, -0.1) is 0 Å². The van der Waals surface area contributed by atoms with Crippen LogP contribution in [0.5, 0.6) is 0 Å². The standard InChI is InChI=1S/C24H33N5O3S/c1-4-18(22-14-26-23-8-6-5-7-21(22)23)13-27-24(16-29(30)31)25-11-12-33-17-20-10-9-19(32-20)15-28(2)3/h5-10,14,18,26H,4,11-13,15-17H2,1-3H3,(H,25,27). The zero-order chi connectivity index (χ0) is 23.6. The molecule has 1 unspecified atom stereocenters. The molecule has 0 saturated heterocycles. The molecule has 3 rings (SSSR count). The van der Waals surface area contributed by atoms with Gasteiger partial charge in [-0.05, 0) is 44.3 Å². The number of amidine groups is 1. The largest absolute Gasteiger partial charge is 0.464 e. The van der Waals surface area contributed by atoms with Crippen LogP contribution in [0, 0.1) is 10.1 Å². The number of nitrogens with zero attached hydrogens (tertiary/aromatic N) is 3. The monoisotopic (exact) mass is 471 g/mol. The van der Waals surface area contributed by atoms with Gasteiger partial charge in [0.25, 0.3) is 6.54 Å². The molecule has 0 bridgehead atoms. The maximum absolute atomic E-state index is 11.1. The van der Waals surface area contributed by atoms with E-state index in [1.807, 2.05) is 44.6 Å². The summed E-state index contributed by atoms with van der Waals surface area (Å²) < 4.78 is 5.82. The first kappa shape index (κ1) is 24.9. The number of aliphatic imine (C=N–C) groups is 1. The van der Waals surface area contributed by atoms with E-state index in [1.165, 1.54) is 10.9 Å². The molecule has 0 saturated carbocycles. The number of aromatic nitrogens is 1. The third-order valence-electron chi connectivity index (χ3n) is 5.34. The Hall–Kier alpha value is -2.78. The molecule has 0 aliphatic rings. The third-order valence-corrected chi connectivity index (χ3v) is 6.33. The van der Waals surface area contributed by atoms with Crippen molar-refractivity contribution in [3.05, 3.63) is 69.8 Å². The predicted octanol–water partition coefficient (Wildman–Crippen LogP) is 4.51. The molecular formula is C24H33N5O3S. The van der Waals surface area contributed by atoms with E-state index < -0.39 is 0 Å². The van der Waals surface area contributed by atoms with Gasteiger partial charge in [0.15, 0.2) is 5.84 Å². The molecule has 3 aromatic rings. The number of nitrogens with one attached hydrogen (secondary N) is 2. The van der Waals surface area contributed by atoms with Crippen LogP contribution in [-0.4, -0.2) is 60.1 Å². The topological polar surface area (TPSA) is 99.7 Å². The quantitative estimate of drug-likeness (QED) is 0.125. The minimum absolute atomic E-state index is 0.203. The summed E-state index contributed by atoms with van der Waals surface area (Å²) in [5.74, 6) is 4.12. The Morgan fingerprint density at radius 3 is 2.82 bits per heavy atom. The number of furan rings is 1. The van der Waals surface area contributed by atoms with E-state index in [2.05, 4.69) is 39.2 Å². The lowest BCUT2D eigenvalue weighted by Crippen LogP contribution is -2.32. The number of hydrogen-bond acceptors (Lipinski definition) is 6. The van der Waals surface area contributed by atoms with E-state index in [0.29, 0.717) is 18.9 Å². The summed E-state index contributed by atoms with van der Waals surface area (Å²) in [6.45, 7) is 3.75. The molecule has 0 spiro atoms. The molecule has 2 heterocycles. The molecule has 2 aromatic heterocycles. The molecule has 33 heavy (non-hydrogen) atoms.